The van der Waals surface area contributed by atoms with Crippen LogP contribution in [-0.2, 0) is 4.74 Å². The van der Waals surface area contributed by atoms with Gasteiger partial charge in [-0.1, -0.05) is 42.5 Å². The van der Waals surface area contributed by atoms with Crippen molar-refractivity contribution in [2.45, 2.75) is 13.0 Å². The summed E-state index contributed by atoms with van der Waals surface area (Å²) >= 11 is 0. The molecule has 0 radical (unpaired) electrons. The van der Waals surface area contributed by atoms with Crippen LogP contribution in [0.4, 0.5) is 16.3 Å². The molecular formula is C25H25N5O2. The number of urea groups is 1. The van der Waals surface area contributed by atoms with Gasteiger partial charge < -0.3 is 20.7 Å². The largest absolute Gasteiger partial charge is 0.382 e. The number of rotatable bonds is 3. The normalized spacial score (nSPS) is 16.3. The van der Waals surface area contributed by atoms with Gasteiger partial charge in [0.25, 0.3) is 0 Å². The molecule has 3 N–H and O–H groups in total. The molecule has 1 atom stereocenters. The Morgan fingerprint density at radius 2 is 1.91 bits per heavy atom. The predicted octanol–water partition coefficient (Wildman–Crippen LogP) is 4.50. The summed E-state index contributed by atoms with van der Waals surface area (Å²) in [6.07, 6.45) is 1.89. The van der Waals surface area contributed by atoms with Gasteiger partial charge in [0.1, 0.15) is 5.82 Å². The van der Waals surface area contributed by atoms with Gasteiger partial charge in [-0.05, 0) is 47.4 Å². The zero-order chi connectivity index (χ0) is 22.1. The van der Waals surface area contributed by atoms with Crippen LogP contribution in [0.15, 0.2) is 72.9 Å². The zero-order valence-electron chi connectivity index (χ0n) is 17.9. The Kier molecular flexibility index (Phi) is 5.25. The fraction of sp³-hybridized carbons (Fsp3) is 0.200. The van der Waals surface area contributed by atoms with Crippen LogP contribution in [0.2, 0.25) is 0 Å². The first-order valence-corrected chi connectivity index (χ1v) is 10.6. The van der Waals surface area contributed by atoms with Crippen molar-refractivity contribution in [1.82, 2.24) is 14.5 Å². The smallest absolute Gasteiger partial charge is 0.322 e. The van der Waals surface area contributed by atoms with Crippen molar-refractivity contribution < 1.29 is 9.53 Å². The van der Waals surface area contributed by atoms with Crippen molar-refractivity contribution in [2.75, 3.05) is 30.8 Å². The third-order valence-electron chi connectivity index (χ3n) is 5.87. The monoisotopic (exact) mass is 427 g/mol. The Bertz CT molecular complexity index is 1270. The Morgan fingerprint density at radius 3 is 2.75 bits per heavy atom. The summed E-state index contributed by atoms with van der Waals surface area (Å²) in [4.78, 5) is 15.1. The van der Waals surface area contributed by atoms with E-state index in [0.717, 1.165) is 33.5 Å². The van der Waals surface area contributed by atoms with Crippen molar-refractivity contribution in [3.63, 3.8) is 0 Å². The second-order valence-corrected chi connectivity index (χ2v) is 8.01. The van der Waals surface area contributed by atoms with Crippen LogP contribution in [0, 0.1) is 6.92 Å². The first-order valence-electron chi connectivity index (χ1n) is 10.6. The molecule has 2 aromatic heterocycles. The fourth-order valence-electron chi connectivity index (χ4n) is 4.12. The van der Waals surface area contributed by atoms with E-state index in [0.29, 0.717) is 25.6 Å². The van der Waals surface area contributed by atoms with Crippen LogP contribution in [0.5, 0.6) is 0 Å². The Balaban J connectivity index is 1.41. The minimum atomic E-state index is -0.124. The molecule has 0 bridgehead atoms. The number of nitrogens with two attached hydrogens (primary N) is 1. The molecule has 1 fully saturated rings. The van der Waals surface area contributed by atoms with Gasteiger partial charge in [0, 0.05) is 24.5 Å². The van der Waals surface area contributed by atoms with Crippen LogP contribution in [0.1, 0.15) is 17.2 Å². The molecule has 2 aromatic carbocycles. The summed E-state index contributed by atoms with van der Waals surface area (Å²) in [5, 5.41) is 7.35. The zero-order valence-corrected chi connectivity index (χ0v) is 17.9. The van der Waals surface area contributed by atoms with Gasteiger partial charge in [0.05, 0.1) is 24.8 Å². The van der Waals surface area contributed by atoms with E-state index in [-0.39, 0.29) is 12.1 Å². The number of nitrogen functional groups attached to an aromatic ring is 1. The number of anilines is 2. The number of aryl methyl sites for hydroxylation is 1. The first kappa shape index (κ1) is 20.1. The number of fused-ring (bicyclic) bond motifs is 1. The lowest BCUT2D eigenvalue weighted by Gasteiger charge is -2.36. The van der Waals surface area contributed by atoms with Crippen LogP contribution >= 0.6 is 0 Å². The second kappa shape index (κ2) is 8.36. The maximum atomic E-state index is 13.3. The number of benzene rings is 2. The lowest BCUT2D eigenvalue weighted by molar-refractivity contribution is 0.0148. The molecule has 2 amide bonds. The molecule has 1 aliphatic heterocycles. The molecule has 0 spiro atoms. The summed E-state index contributed by atoms with van der Waals surface area (Å²) in [7, 11) is 0. The minimum Gasteiger partial charge on any atom is -0.382 e. The van der Waals surface area contributed by atoms with E-state index in [1.807, 2.05) is 78.7 Å². The van der Waals surface area contributed by atoms with E-state index in [4.69, 9.17) is 10.5 Å². The quantitative estimate of drug-likeness (QED) is 0.504. The fourth-order valence-corrected chi connectivity index (χ4v) is 4.12. The summed E-state index contributed by atoms with van der Waals surface area (Å²) < 4.78 is 7.41. The Morgan fingerprint density at radius 1 is 1.09 bits per heavy atom. The van der Waals surface area contributed by atoms with Gasteiger partial charge in [0.15, 0.2) is 0 Å². The summed E-state index contributed by atoms with van der Waals surface area (Å²) in [5.74, 6) is 0.484. The number of pyridine rings is 1. The standard InChI is InChI=1S/C25H25N5O2/c1-17-7-8-19(20-9-10-30-21(13-20)15-24(26)28-30)14-22(17)27-25(31)29-11-12-32-16-23(29)18-5-3-2-4-6-18/h2-10,13-15,23H,11-12,16H2,1H3,(H2,26,28)(H,27,31). The van der Waals surface area contributed by atoms with Crippen LogP contribution in [0.25, 0.3) is 16.6 Å². The van der Waals surface area contributed by atoms with E-state index in [9.17, 15) is 4.79 Å². The molecular weight excluding hydrogens is 402 g/mol. The highest BCUT2D eigenvalue weighted by Crippen LogP contribution is 2.29. The molecule has 7 heteroatoms. The summed E-state index contributed by atoms with van der Waals surface area (Å²) in [6, 6.07) is 21.7. The van der Waals surface area contributed by atoms with Crippen LogP contribution in [-0.4, -0.2) is 40.3 Å². The number of amides is 2. The molecule has 5 rings (SSSR count). The van der Waals surface area contributed by atoms with Gasteiger partial charge >= 0.3 is 6.03 Å². The number of nitrogens with one attached hydrogen (secondary N) is 1. The predicted molar refractivity (Wildman–Crippen MR) is 126 cm³/mol. The van der Waals surface area contributed by atoms with E-state index in [1.165, 1.54) is 0 Å². The average Bonchev–Trinajstić information content (AvgIpc) is 3.20. The summed E-state index contributed by atoms with van der Waals surface area (Å²) in [6.45, 7) is 3.56. The van der Waals surface area contributed by atoms with Crippen molar-refractivity contribution in [3.05, 3.63) is 84.1 Å². The van der Waals surface area contributed by atoms with Crippen LogP contribution in [0.3, 0.4) is 0 Å². The molecule has 4 aromatic rings. The third kappa shape index (κ3) is 3.90. The van der Waals surface area contributed by atoms with Gasteiger partial charge in [-0.2, -0.15) is 5.10 Å². The number of hydrogen-bond donors (Lipinski definition) is 2. The number of morpholine rings is 1. The highest BCUT2D eigenvalue weighted by Gasteiger charge is 2.28. The van der Waals surface area contributed by atoms with Gasteiger partial charge in [-0.15, -0.1) is 0 Å². The number of ether oxygens (including phenoxy) is 1. The van der Waals surface area contributed by atoms with E-state index < -0.39 is 0 Å². The molecule has 3 heterocycles. The number of carbonyl (C=O) groups excluding carboxylic acids is 1. The Labute approximate surface area is 186 Å². The minimum absolute atomic E-state index is 0.108. The molecule has 32 heavy (non-hydrogen) atoms. The van der Waals surface area contributed by atoms with Crippen molar-refractivity contribution in [2.24, 2.45) is 0 Å². The van der Waals surface area contributed by atoms with Gasteiger partial charge in [-0.25, -0.2) is 9.31 Å². The lowest BCUT2D eigenvalue weighted by Crippen LogP contribution is -2.45. The maximum Gasteiger partial charge on any atom is 0.322 e. The highest BCUT2D eigenvalue weighted by molar-refractivity contribution is 5.91. The third-order valence-corrected chi connectivity index (χ3v) is 5.87. The number of carbonyl (C=O) groups is 1. The highest BCUT2D eigenvalue weighted by atomic mass is 16.5. The molecule has 1 unspecified atom stereocenters. The number of aromatic nitrogens is 2. The summed E-state index contributed by atoms with van der Waals surface area (Å²) in [5.41, 5.74) is 11.6. The van der Waals surface area contributed by atoms with E-state index >= 15 is 0 Å². The van der Waals surface area contributed by atoms with Crippen molar-refractivity contribution in [3.8, 4) is 11.1 Å². The number of hydrogen-bond acceptors (Lipinski definition) is 4. The SMILES string of the molecule is Cc1ccc(-c2ccn3nc(N)cc3c2)cc1NC(=O)N1CCOCC1c1ccccc1. The molecule has 7 nitrogen and oxygen atoms in total. The molecule has 1 saturated heterocycles. The molecule has 162 valence electrons. The second-order valence-electron chi connectivity index (χ2n) is 8.01. The van der Waals surface area contributed by atoms with Crippen molar-refractivity contribution >= 4 is 23.1 Å². The van der Waals surface area contributed by atoms with E-state index in [1.54, 1.807) is 4.52 Å². The van der Waals surface area contributed by atoms with Gasteiger partial charge in [-0.3, -0.25) is 0 Å². The molecule has 1 aliphatic rings. The lowest BCUT2D eigenvalue weighted by atomic mass is 10.0. The van der Waals surface area contributed by atoms with Gasteiger partial charge in [0.2, 0.25) is 0 Å². The molecule has 0 aliphatic carbocycles. The number of nitrogens with zero attached hydrogens (tertiary/aromatic N) is 3. The topological polar surface area (TPSA) is 84.9 Å². The maximum absolute atomic E-state index is 13.3. The van der Waals surface area contributed by atoms with Crippen molar-refractivity contribution in [1.29, 1.82) is 0 Å². The molecule has 0 saturated carbocycles. The van der Waals surface area contributed by atoms with E-state index in [2.05, 4.69) is 16.5 Å². The Hall–Kier alpha value is -3.84. The van der Waals surface area contributed by atoms with Crippen LogP contribution < -0.4 is 11.1 Å². The average molecular weight is 428 g/mol. The first-order chi connectivity index (χ1) is 15.6.